The van der Waals surface area contributed by atoms with E-state index in [4.69, 9.17) is 24.2 Å². The smallest absolute Gasteiger partial charge is 0.161 e. The molecule has 0 radical (unpaired) electrons. The van der Waals surface area contributed by atoms with E-state index in [0.29, 0.717) is 11.7 Å². The van der Waals surface area contributed by atoms with E-state index in [9.17, 15) is 0 Å². The van der Waals surface area contributed by atoms with Crippen molar-refractivity contribution in [2.75, 3.05) is 53.6 Å². The van der Waals surface area contributed by atoms with Crippen molar-refractivity contribution >= 4 is 11.2 Å². The van der Waals surface area contributed by atoms with Gasteiger partial charge in [-0.25, -0.2) is 9.97 Å². The number of aryl methyl sites for hydroxylation is 2. The largest absolute Gasteiger partial charge is 0.493 e. The zero-order chi connectivity index (χ0) is 28.1. The number of piperidine rings is 1. The van der Waals surface area contributed by atoms with Gasteiger partial charge in [0.25, 0.3) is 0 Å². The Morgan fingerprint density at radius 3 is 2.22 bits per heavy atom. The predicted molar refractivity (Wildman–Crippen MR) is 161 cm³/mol. The van der Waals surface area contributed by atoms with Crippen LogP contribution in [0, 0.1) is 18.8 Å². The van der Waals surface area contributed by atoms with Crippen LogP contribution in [0.15, 0.2) is 24.3 Å². The quantitative estimate of drug-likeness (QED) is 0.420. The second-order valence-corrected chi connectivity index (χ2v) is 12.9. The monoisotopic (exact) mass is 559 g/mol. The molecule has 0 spiro atoms. The normalized spacial score (nSPS) is 26.6. The molecule has 2 aromatic heterocycles. The van der Waals surface area contributed by atoms with Gasteiger partial charge in [0.2, 0.25) is 0 Å². The number of hydrogen-bond acceptors (Lipinski definition) is 7. The summed E-state index contributed by atoms with van der Waals surface area (Å²) in [6.45, 7) is 9.11. The summed E-state index contributed by atoms with van der Waals surface area (Å²) in [6, 6.07) is 9.80. The van der Waals surface area contributed by atoms with E-state index in [-0.39, 0.29) is 0 Å². The molecule has 1 aliphatic carbocycles. The minimum Gasteiger partial charge on any atom is -0.493 e. The number of likely N-dealkylation sites (tertiary alicyclic amines) is 2. The Morgan fingerprint density at radius 2 is 1.54 bits per heavy atom. The molecule has 3 saturated heterocycles. The maximum atomic E-state index is 5.61. The van der Waals surface area contributed by atoms with Gasteiger partial charge in [0.05, 0.1) is 14.2 Å². The van der Waals surface area contributed by atoms with Crippen molar-refractivity contribution < 1.29 is 14.2 Å². The highest BCUT2D eigenvalue weighted by Gasteiger charge is 2.44. The highest BCUT2D eigenvalue weighted by molar-refractivity contribution is 5.81. The highest BCUT2D eigenvalue weighted by atomic mass is 16.5. The van der Waals surface area contributed by atoms with E-state index < -0.39 is 0 Å². The molecule has 1 saturated carbocycles. The first-order valence-electron chi connectivity index (χ1n) is 15.6. The zero-order valence-corrected chi connectivity index (χ0v) is 25.1. The van der Waals surface area contributed by atoms with Crippen molar-refractivity contribution in [3.8, 4) is 22.9 Å². The molecule has 8 nitrogen and oxygen atoms in total. The molecule has 5 heterocycles. The molecule has 0 N–H and O–H groups in total. The molecule has 2 unspecified atom stereocenters. The third-order valence-electron chi connectivity index (χ3n) is 10.6. The number of pyridine rings is 1. The summed E-state index contributed by atoms with van der Waals surface area (Å²) >= 11 is 0. The van der Waals surface area contributed by atoms with Gasteiger partial charge in [0, 0.05) is 62.6 Å². The van der Waals surface area contributed by atoms with Crippen LogP contribution in [0.3, 0.4) is 0 Å². The van der Waals surface area contributed by atoms with Crippen molar-refractivity contribution in [3.05, 3.63) is 35.5 Å². The van der Waals surface area contributed by atoms with Crippen LogP contribution in [-0.4, -0.2) is 90.0 Å². The molecular formula is C33H45N5O3. The lowest BCUT2D eigenvalue weighted by atomic mass is 9.91. The Bertz CT molecular complexity index is 1380. The van der Waals surface area contributed by atoms with Crippen molar-refractivity contribution in [2.24, 2.45) is 18.9 Å². The van der Waals surface area contributed by atoms with Gasteiger partial charge in [-0.05, 0) is 100 Å². The minimum absolute atomic E-state index is 0.513. The number of rotatable bonds is 6. The molecule has 4 aliphatic rings. The van der Waals surface area contributed by atoms with Gasteiger partial charge in [0.1, 0.15) is 11.3 Å². The molecule has 220 valence electrons. The number of benzene rings is 1. The minimum atomic E-state index is 0.513. The number of aromatic nitrogens is 3. The maximum Gasteiger partial charge on any atom is 0.161 e. The van der Waals surface area contributed by atoms with Crippen molar-refractivity contribution in [1.82, 2.24) is 24.3 Å². The van der Waals surface area contributed by atoms with E-state index >= 15 is 0 Å². The molecule has 4 fully saturated rings. The summed E-state index contributed by atoms with van der Waals surface area (Å²) in [5.41, 5.74) is 5.37. The fraction of sp³-hybridized carbons (Fsp3) is 0.636. The lowest BCUT2D eigenvalue weighted by molar-refractivity contribution is 0.0380. The van der Waals surface area contributed by atoms with Crippen molar-refractivity contribution in [3.63, 3.8) is 0 Å². The van der Waals surface area contributed by atoms with Crippen molar-refractivity contribution in [2.45, 2.75) is 63.5 Å². The van der Waals surface area contributed by atoms with Crippen molar-refractivity contribution in [1.29, 1.82) is 0 Å². The van der Waals surface area contributed by atoms with Crippen LogP contribution in [0.5, 0.6) is 11.5 Å². The van der Waals surface area contributed by atoms with Gasteiger partial charge in [-0.15, -0.1) is 0 Å². The van der Waals surface area contributed by atoms with Gasteiger partial charge in [0.15, 0.2) is 17.1 Å². The summed E-state index contributed by atoms with van der Waals surface area (Å²) in [4.78, 5) is 15.9. The first kappa shape index (κ1) is 27.2. The molecule has 41 heavy (non-hydrogen) atoms. The molecule has 3 aromatic rings. The predicted octanol–water partition coefficient (Wildman–Crippen LogP) is 5.03. The molecule has 2 atom stereocenters. The average molecular weight is 560 g/mol. The van der Waals surface area contributed by atoms with E-state index in [1.54, 1.807) is 14.2 Å². The Hall–Kier alpha value is -2.68. The first-order valence-corrected chi connectivity index (χ1v) is 15.6. The zero-order valence-electron chi connectivity index (χ0n) is 25.1. The van der Waals surface area contributed by atoms with Gasteiger partial charge in [-0.3, -0.25) is 4.90 Å². The second-order valence-electron chi connectivity index (χ2n) is 12.9. The Labute approximate surface area is 244 Å². The van der Waals surface area contributed by atoms with Crippen LogP contribution < -0.4 is 9.47 Å². The fourth-order valence-corrected chi connectivity index (χ4v) is 8.28. The number of methoxy groups -OCH3 is 2. The number of ether oxygens (including phenoxy) is 3. The molecule has 7 rings (SSSR count). The van der Waals surface area contributed by atoms with Gasteiger partial charge in [-0.1, -0.05) is 0 Å². The number of imidazole rings is 1. The lowest BCUT2D eigenvalue weighted by Crippen LogP contribution is -2.42. The van der Waals surface area contributed by atoms with Crippen LogP contribution >= 0.6 is 0 Å². The molecule has 1 aromatic carbocycles. The SMILES string of the molecule is COc1ccc(-c2nc3c(C)cc(C4CCN(C5CC6CN(C7CCOCC7)CC6C5)CC4)nc3n2C)cc1OC. The number of fused-ring (bicyclic) bond motifs is 2. The summed E-state index contributed by atoms with van der Waals surface area (Å²) in [7, 11) is 5.40. The van der Waals surface area contributed by atoms with Gasteiger partial charge < -0.3 is 23.7 Å². The lowest BCUT2D eigenvalue weighted by Gasteiger charge is -2.37. The van der Waals surface area contributed by atoms with E-state index in [1.807, 2.05) is 18.2 Å². The summed E-state index contributed by atoms with van der Waals surface area (Å²) in [6.07, 6.45) is 7.63. The molecular weight excluding hydrogens is 514 g/mol. The van der Waals surface area contributed by atoms with E-state index in [0.717, 1.165) is 65.4 Å². The van der Waals surface area contributed by atoms with E-state index in [2.05, 4.69) is 34.4 Å². The maximum absolute atomic E-state index is 5.61. The molecule has 0 amide bonds. The Balaban J connectivity index is 1.01. The number of nitrogens with zero attached hydrogens (tertiary/aromatic N) is 5. The third kappa shape index (κ3) is 5.02. The van der Waals surface area contributed by atoms with E-state index in [1.165, 1.54) is 76.0 Å². The number of hydrogen-bond donors (Lipinski definition) is 0. The molecule has 0 bridgehead atoms. The Morgan fingerprint density at radius 1 is 0.829 bits per heavy atom. The van der Waals surface area contributed by atoms with Gasteiger partial charge in [-0.2, -0.15) is 0 Å². The Kier molecular flexibility index (Phi) is 7.42. The second kappa shape index (κ2) is 11.2. The first-order chi connectivity index (χ1) is 20.0. The topological polar surface area (TPSA) is 64.9 Å². The van der Waals surface area contributed by atoms with Crippen LogP contribution in [0.2, 0.25) is 0 Å². The van der Waals surface area contributed by atoms with Crippen LogP contribution in [0.25, 0.3) is 22.6 Å². The third-order valence-corrected chi connectivity index (χ3v) is 10.6. The van der Waals surface area contributed by atoms with Crippen LogP contribution in [0.4, 0.5) is 0 Å². The fourth-order valence-electron chi connectivity index (χ4n) is 8.28. The van der Waals surface area contributed by atoms with Crippen LogP contribution in [0.1, 0.15) is 55.7 Å². The summed E-state index contributed by atoms with van der Waals surface area (Å²) in [5, 5.41) is 0. The molecule has 8 heteroatoms. The standard InChI is InChI=1S/C33H45N5O3/c1-21-15-28(34-33-31(21)35-32(36(33)2)23-5-6-29(39-3)30(18-23)40-4)22-7-11-37(12-8-22)27-16-24-19-38(20-25(24)17-27)26-9-13-41-14-10-26/h5-6,15,18,22,24-27H,7-14,16-17,19-20H2,1-4H3. The summed E-state index contributed by atoms with van der Waals surface area (Å²) in [5.74, 6) is 4.63. The average Bonchev–Trinajstić information content (AvgIpc) is 3.70. The van der Waals surface area contributed by atoms with Crippen LogP contribution in [-0.2, 0) is 11.8 Å². The molecule has 3 aliphatic heterocycles. The highest BCUT2D eigenvalue weighted by Crippen LogP contribution is 2.43. The summed E-state index contributed by atoms with van der Waals surface area (Å²) < 4.78 is 18.7. The van der Waals surface area contributed by atoms with Gasteiger partial charge >= 0.3 is 0 Å².